The third kappa shape index (κ3) is 6.46. The fourth-order valence-electron chi connectivity index (χ4n) is 9.28. The number of fused-ring (bicyclic) bond motifs is 6. The van der Waals surface area contributed by atoms with Crippen LogP contribution in [0.4, 0.5) is 17.1 Å². The van der Waals surface area contributed by atoms with Crippen LogP contribution in [0.15, 0.2) is 245 Å². The van der Waals surface area contributed by atoms with Crippen LogP contribution in [0.5, 0.6) is 0 Å². The number of nitrogens with zero attached hydrogens (tertiary/aromatic N) is 1. The Kier molecular flexibility index (Phi) is 8.83. The van der Waals surface area contributed by atoms with Gasteiger partial charge >= 0.3 is 0 Å². The molecular formula is C60H39NO2. The molecule has 0 aliphatic heterocycles. The van der Waals surface area contributed by atoms with Crippen molar-refractivity contribution in [1.82, 2.24) is 0 Å². The molecule has 0 bridgehead atoms. The first-order valence-corrected chi connectivity index (χ1v) is 21.4. The summed E-state index contributed by atoms with van der Waals surface area (Å²) in [7, 11) is 0. The van der Waals surface area contributed by atoms with Crippen LogP contribution in [-0.2, 0) is 0 Å². The normalized spacial score (nSPS) is 11.5. The second-order valence-corrected chi connectivity index (χ2v) is 16.0. The second-order valence-electron chi connectivity index (χ2n) is 16.0. The number of hydrogen-bond donors (Lipinski definition) is 0. The van der Waals surface area contributed by atoms with Crippen molar-refractivity contribution in [3.63, 3.8) is 0 Å². The quantitative estimate of drug-likeness (QED) is 0.153. The van der Waals surface area contributed by atoms with E-state index in [1.54, 1.807) is 0 Å². The summed E-state index contributed by atoms with van der Waals surface area (Å²) in [5.74, 6) is 0. The molecule has 0 saturated heterocycles. The average molecular weight is 806 g/mol. The largest absolute Gasteiger partial charge is 0.456 e. The van der Waals surface area contributed by atoms with Crippen LogP contribution in [0.1, 0.15) is 0 Å². The van der Waals surface area contributed by atoms with Gasteiger partial charge in [-0.05, 0) is 111 Å². The van der Waals surface area contributed by atoms with Crippen molar-refractivity contribution in [2.75, 3.05) is 4.90 Å². The summed E-state index contributed by atoms with van der Waals surface area (Å²) in [6, 6.07) is 84.3. The minimum Gasteiger partial charge on any atom is -0.456 e. The molecule has 3 heteroatoms. The van der Waals surface area contributed by atoms with Crippen molar-refractivity contribution < 1.29 is 8.83 Å². The fraction of sp³-hybridized carbons (Fsp3) is 0. The standard InChI is InChI=1S/C60H39NO2/c1-2-14-40(15-3-1)41-26-28-43(29-27-41)47-16-4-5-17-48(47)49-18-6-7-19-50(49)51-20-8-11-23-56(51)61(46-35-37-59-55(39-46)53-22-10-13-25-58(53)62-59)45-33-30-42(31-34-45)44-32-36-54-52-21-9-12-24-57(52)63-60(54)38-44/h1-39H. The Labute approximate surface area is 365 Å². The predicted molar refractivity (Wildman–Crippen MR) is 263 cm³/mol. The minimum atomic E-state index is 0.864. The van der Waals surface area contributed by atoms with Crippen LogP contribution in [0.3, 0.4) is 0 Å². The Bertz CT molecular complexity index is 3620. The molecule has 0 amide bonds. The first kappa shape index (κ1) is 36.5. The highest BCUT2D eigenvalue weighted by Crippen LogP contribution is 2.46. The third-order valence-corrected chi connectivity index (χ3v) is 12.3. The molecule has 0 spiro atoms. The number of rotatable bonds is 8. The molecule has 0 radical (unpaired) electrons. The second kappa shape index (κ2) is 15.3. The molecule has 0 unspecified atom stereocenters. The number of hydrogen-bond acceptors (Lipinski definition) is 3. The number of benzene rings is 10. The van der Waals surface area contributed by atoms with Gasteiger partial charge in [0.15, 0.2) is 0 Å². The maximum Gasteiger partial charge on any atom is 0.136 e. The molecule has 12 aromatic rings. The predicted octanol–water partition coefficient (Wildman–Crippen LogP) is 17.3. The minimum absolute atomic E-state index is 0.864. The van der Waals surface area contributed by atoms with E-state index in [1.807, 2.05) is 24.3 Å². The van der Waals surface area contributed by atoms with E-state index in [0.717, 1.165) is 83.2 Å². The topological polar surface area (TPSA) is 29.5 Å². The van der Waals surface area contributed by atoms with E-state index in [4.69, 9.17) is 8.83 Å². The smallest absolute Gasteiger partial charge is 0.136 e. The summed E-state index contributed by atoms with van der Waals surface area (Å²) < 4.78 is 12.6. The van der Waals surface area contributed by atoms with E-state index in [-0.39, 0.29) is 0 Å². The number of para-hydroxylation sites is 3. The summed E-state index contributed by atoms with van der Waals surface area (Å²) in [5.41, 5.74) is 18.3. The van der Waals surface area contributed by atoms with Gasteiger partial charge in [0.25, 0.3) is 0 Å². The Hall–Kier alpha value is -8.40. The fourth-order valence-corrected chi connectivity index (χ4v) is 9.28. The van der Waals surface area contributed by atoms with Crippen LogP contribution in [0, 0.1) is 0 Å². The zero-order valence-corrected chi connectivity index (χ0v) is 34.3. The molecule has 10 aromatic carbocycles. The van der Waals surface area contributed by atoms with Gasteiger partial charge in [-0.3, -0.25) is 0 Å². The maximum absolute atomic E-state index is 6.32. The van der Waals surface area contributed by atoms with Crippen molar-refractivity contribution in [2.45, 2.75) is 0 Å². The lowest BCUT2D eigenvalue weighted by atomic mass is 9.88. The molecule has 0 fully saturated rings. The molecule has 2 aromatic heterocycles. The van der Waals surface area contributed by atoms with Gasteiger partial charge in [-0.15, -0.1) is 0 Å². The number of anilines is 3. The molecule has 0 aliphatic rings. The molecule has 12 rings (SSSR count). The molecule has 296 valence electrons. The van der Waals surface area contributed by atoms with Gasteiger partial charge in [0.2, 0.25) is 0 Å². The molecule has 63 heavy (non-hydrogen) atoms. The lowest BCUT2D eigenvalue weighted by Crippen LogP contribution is -2.11. The van der Waals surface area contributed by atoms with Crippen LogP contribution in [0.2, 0.25) is 0 Å². The molecule has 0 N–H and O–H groups in total. The van der Waals surface area contributed by atoms with Gasteiger partial charge in [-0.2, -0.15) is 0 Å². The van der Waals surface area contributed by atoms with E-state index >= 15 is 0 Å². The summed E-state index contributed by atoms with van der Waals surface area (Å²) in [6.45, 7) is 0. The van der Waals surface area contributed by atoms with Crippen molar-refractivity contribution in [2.24, 2.45) is 0 Å². The van der Waals surface area contributed by atoms with Gasteiger partial charge in [0.1, 0.15) is 22.3 Å². The van der Waals surface area contributed by atoms with Gasteiger partial charge < -0.3 is 13.7 Å². The average Bonchev–Trinajstić information content (AvgIpc) is 3.93. The Morgan fingerprint density at radius 1 is 0.238 bits per heavy atom. The molecule has 0 saturated carbocycles. The highest BCUT2D eigenvalue weighted by molar-refractivity contribution is 6.08. The SMILES string of the molecule is c1ccc(-c2ccc(-c3ccccc3-c3ccccc3-c3ccccc3N(c3ccc(-c4ccc5c(c4)oc4ccccc45)cc3)c3ccc4oc5ccccc5c4c3)cc2)cc1. The van der Waals surface area contributed by atoms with Crippen molar-refractivity contribution in [3.05, 3.63) is 237 Å². The molecule has 0 aliphatic carbocycles. The van der Waals surface area contributed by atoms with Crippen molar-refractivity contribution in [3.8, 4) is 55.6 Å². The van der Waals surface area contributed by atoms with E-state index in [0.29, 0.717) is 0 Å². The van der Waals surface area contributed by atoms with Gasteiger partial charge in [0, 0.05) is 38.5 Å². The van der Waals surface area contributed by atoms with Gasteiger partial charge in [0.05, 0.1) is 5.69 Å². The molecule has 3 nitrogen and oxygen atoms in total. The third-order valence-electron chi connectivity index (χ3n) is 12.3. The zero-order chi connectivity index (χ0) is 41.7. The Morgan fingerprint density at radius 3 is 1.41 bits per heavy atom. The van der Waals surface area contributed by atoms with Crippen LogP contribution in [0.25, 0.3) is 99.5 Å². The van der Waals surface area contributed by atoms with Crippen LogP contribution < -0.4 is 4.90 Å². The van der Waals surface area contributed by atoms with Crippen LogP contribution >= 0.6 is 0 Å². The Balaban J connectivity index is 0.993. The first-order chi connectivity index (χ1) is 31.2. The highest BCUT2D eigenvalue weighted by atomic mass is 16.3. The lowest BCUT2D eigenvalue weighted by Gasteiger charge is -2.29. The maximum atomic E-state index is 6.32. The van der Waals surface area contributed by atoms with Crippen molar-refractivity contribution >= 4 is 60.9 Å². The highest BCUT2D eigenvalue weighted by Gasteiger charge is 2.22. The molecule has 2 heterocycles. The Morgan fingerprint density at radius 2 is 0.683 bits per heavy atom. The van der Waals surface area contributed by atoms with Crippen LogP contribution in [-0.4, -0.2) is 0 Å². The van der Waals surface area contributed by atoms with Gasteiger partial charge in [-0.1, -0.05) is 176 Å². The monoisotopic (exact) mass is 805 g/mol. The van der Waals surface area contributed by atoms with E-state index < -0.39 is 0 Å². The summed E-state index contributed by atoms with van der Waals surface area (Å²) in [6.07, 6.45) is 0. The van der Waals surface area contributed by atoms with Crippen molar-refractivity contribution in [1.29, 1.82) is 0 Å². The number of furan rings is 2. The summed E-state index contributed by atoms with van der Waals surface area (Å²) in [5, 5.41) is 4.43. The summed E-state index contributed by atoms with van der Waals surface area (Å²) >= 11 is 0. The molecule has 0 atom stereocenters. The summed E-state index contributed by atoms with van der Waals surface area (Å²) in [4.78, 5) is 2.38. The van der Waals surface area contributed by atoms with E-state index in [1.165, 1.54) is 33.4 Å². The lowest BCUT2D eigenvalue weighted by molar-refractivity contribution is 0.668. The first-order valence-electron chi connectivity index (χ1n) is 21.4. The van der Waals surface area contributed by atoms with E-state index in [9.17, 15) is 0 Å². The zero-order valence-electron chi connectivity index (χ0n) is 34.3. The molecular weight excluding hydrogens is 767 g/mol. The van der Waals surface area contributed by atoms with E-state index in [2.05, 4.69) is 217 Å². The van der Waals surface area contributed by atoms with Gasteiger partial charge in [-0.25, -0.2) is 0 Å².